The molecule has 0 aliphatic rings. The molecule has 0 saturated carbocycles. The molecule has 1 N–H and O–H groups in total. The van der Waals surface area contributed by atoms with Crippen molar-refractivity contribution in [1.82, 2.24) is 5.32 Å². The minimum Gasteiger partial charge on any atom is -0.356 e. The van der Waals surface area contributed by atoms with Gasteiger partial charge < -0.3 is 5.32 Å². The summed E-state index contributed by atoms with van der Waals surface area (Å²) >= 11 is 0. The number of hydrogen-bond acceptors (Lipinski definition) is 1. The number of benzene rings is 2. The Morgan fingerprint density at radius 3 is 2.52 bits per heavy atom. The maximum atomic E-state index is 11.9. The highest BCUT2D eigenvalue weighted by Crippen LogP contribution is 2.11. The highest BCUT2D eigenvalue weighted by atomic mass is 16.1. The molecule has 0 fully saturated rings. The van der Waals surface area contributed by atoms with Gasteiger partial charge in [-0.3, -0.25) is 4.79 Å². The highest BCUT2D eigenvalue weighted by molar-refractivity contribution is 5.78. The summed E-state index contributed by atoms with van der Waals surface area (Å²) in [4.78, 5) is 11.9. The van der Waals surface area contributed by atoms with E-state index in [4.69, 9.17) is 0 Å². The summed E-state index contributed by atoms with van der Waals surface area (Å²) in [5.41, 5.74) is 4.86. The highest BCUT2D eigenvalue weighted by Gasteiger charge is 2.05. The van der Waals surface area contributed by atoms with Crippen LogP contribution in [0.5, 0.6) is 0 Å². The molecule has 1 amide bonds. The summed E-state index contributed by atoms with van der Waals surface area (Å²) in [6.07, 6.45) is 2.45. The molecule has 0 unspecified atom stereocenters. The van der Waals surface area contributed by atoms with Crippen LogP contribution in [0, 0.1) is 13.8 Å². The molecule has 0 aromatic heterocycles. The Balaban J connectivity index is 1.72. The fourth-order valence-corrected chi connectivity index (χ4v) is 2.44. The molecule has 21 heavy (non-hydrogen) atoms. The van der Waals surface area contributed by atoms with E-state index in [0.29, 0.717) is 6.42 Å². The van der Waals surface area contributed by atoms with Crippen molar-refractivity contribution in [2.45, 2.75) is 33.1 Å². The minimum atomic E-state index is 0.106. The van der Waals surface area contributed by atoms with Gasteiger partial charge in [-0.15, -0.1) is 0 Å². The van der Waals surface area contributed by atoms with Gasteiger partial charge in [-0.05, 0) is 43.4 Å². The lowest BCUT2D eigenvalue weighted by atomic mass is 10.0. The molecule has 2 nitrogen and oxygen atoms in total. The van der Waals surface area contributed by atoms with Crippen LogP contribution < -0.4 is 5.32 Å². The smallest absolute Gasteiger partial charge is 0.224 e. The van der Waals surface area contributed by atoms with Crippen LogP contribution in [0.2, 0.25) is 0 Å². The molecule has 0 saturated heterocycles. The van der Waals surface area contributed by atoms with Crippen molar-refractivity contribution in [2.24, 2.45) is 0 Å². The van der Waals surface area contributed by atoms with Crippen molar-refractivity contribution in [3.63, 3.8) is 0 Å². The van der Waals surface area contributed by atoms with Crippen LogP contribution in [0.1, 0.15) is 28.7 Å². The number of carbonyl (C=O) groups is 1. The van der Waals surface area contributed by atoms with E-state index in [2.05, 4.69) is 43.4 Å². The predicted octanol–water partition coefficient (Wildman–Crippen LogP) is 3.59. The number of carbonyl (C=O) groups excluding carboxylic acids is 1. The van der Waals surface area contributed by atoms with Crippen LogP contribution in [0.4, 0.5) is 0 Å². The van der Waals surface area contributed by atoms with Gasteiger partial charge in [0.05, 0.1) is 6.42 Å². The van der Waals surface area contributed by atoms with Crippen LogP contribution in [0.25, 0.3) is 0 Å². The standard InChI is InChI=1S/C19H23NO/c1-15-10-11-18(16(2)13-15)14-19(21)20-12-6-9-17-7-4-3-5-8-17/h3-5,7-8,10-11,13H,6,9,12,14H2,1-2H3,(H,20,21). The van der Waals surface area contributed by atoms with Gasteiger partial charge in [-0.25, -0.2) is 0 Å². The Bertz CT molecular complexity index is 590. The van der Waals surface area contributed by atoms with E-state index < -0.39 is 0 Å². The molecule has 0 bridgehead atoms. The molecule has 0 radical (unpaired) electrons. The zero-order valence-electron chi connectivity index (χ0n) is 12.9. The van der Waals surface area contributed by atoms with Crippen molar-refractivity contribution < 1.29 is 4.79 Å². The second kappa shape index (κ2) is 7.63. The Kier molecular flexibility index (Phi) is 5.56. The molecular formula is C19H23NO. The third-order valence-electron chi connectivity index (χ3n) is 3.66. The molecule has 2 aromatic rings. The van der Waals surface area contributed by atoms with E-state index in [1.807, 2.05) is 24.3 Å². The zero-order chi connectivity index (χ0) is 15.1. The summed E-state index contributed by atoms with van der Waals surface area (Å²) in [5.74, 6) is 0.106. The van der Waals surface area contributed by atoms with E-state index in [9.17, 15) is 4.79 Å². The second-order valence-electron chi connectivity index (χ2n) is 5.55. The summed E-state index contributed by atoms with van der Waals surface area (Å²) in [6.45, 7) is 4.87. The predicted molar refractivity (Wildman–Crippen MR) is 87.4 cm³/mol. The lowest BCUT2D eigenvalue weighted by Gasteiger charge is -2.08. The first-order chi connectivity index (χ1) is 10.1. The molecule has 2 aromatic carbocycles. The van der Waals surface area contributed by atoms with Gasteiger partial charge in [-0.1, -0.05) is 54.1 Å². The molecule has 110 valence electrons. The first-order valence-electron chi connectivity index (χ1n) is 7.52. The summed E-state index contributed by atoms with van der Waals surface area (Å²) < 4.78 is 0. The molecule has 0 aliphatic heterocycles. The average molecular weight is 281 g/mol. The first-order valence-corrected chi connectivity index (χ1v) is 7.52. The van der Waals surface area contributed by atoms with E-state index in [1.54, 1.807) is 0 Å². The van der Waals surface area contributed by atoms with Gasteiger partial charge in [0.25, 0.3) is 0 Å². The van der Waals surface area contributed by atoms with Crippen molar-refractivity contribution in [2.75, 3.05) is 6.54 Å². The Hall–Kier alpha value is -2.09. The van der Waals surface area contributed by atoms with Gasteiger partial charge in [-0.2, -0.15) is 0 Å². The molecule has 2 heteroatoms. The van der Waals surface area contributed by atoms with Gasteiger partial charge >= 0.3 is 0 Å². The Morgan fingerprint density at radius 1 is 1.05 bits per heavy atom. The SMILES string of the molecule is Cc1ccc(CC(=O)NCCCc2ccccc2)c(C)c1. The largest absolute Gasteiger partial charge is 0.356 e. The lowest BCUT2D eigenvalue weighted by molar-refractivity contribution is -0.120. The molecule has 0 heterocycles. The Morgan fingerprint density at radius 2 is 1.81 bits per heavy atom. The monoisotopic (exact) mass is 281 g/mol. The van der Waals surface area contributed by atoms with Crippen molar-refractivity contribution in [1.29, 1.82) is 0 Å². The minimum absolute atomic E-state index is 0.106. The van der Waals surface area contributed by atoms with Crippen LogP contribution >= 0.6 is 0 Å². The Labute approximate surface area is 127 Å². The molecular weight excluding hydrogens is 258 g/mol. The van der Waals surface area contributed by atoms with Crippen LogP contribution in [0.3, 0.4) is 0 Å². The maximum Gasteiger partial charge on any atom is 0.224 e. The lowest BCUT2D eigenvalue weighted by Crippen LogP contribution is -2.26. The molecule has 0 spiro atoms. The van der Waals surface area contributed by atoms with Crippen molar-refractivity contribution in [3.8, 4) is 0 Å². The van der Waals surface area contributed by atoms with Crippen molar-refractivity contribution in [3.05, 3.63) is 70.8 Å². The summed E-state index contributed by atoms with van der Waals surface area (Å²) in [5, 5.41) is 3.00. The zero-order valence-corrected chi connectivity index (χ0v) is 12.9. The maximum absolute atomic E-state index is 11.9. The second-order valence-corrected chi connectivity index (χ2v) is 5.55. The average Bonchev–Trinajstić information content (AvgIpc) is 2.48. The van der Waals surface area contributed by atoms with E-state index >= 15 is 0 Å². The van der Waals surface area contributed by atoms with Gasteiger partial charge in [0.1, 0.15) is 0 Å². The fourth-order valence-electron chi connectivity index (χ4n) is 2.44. The third-order valence-corrected chi connectivity index (χ3v) is 3.66. The van der Waals surface area contributed by atoms with Crippen LogP contribution in [-0.2, 0) is 17.6 Å². The number of nitrogens with one attached hydrogen (secondary N) is 1. The quantitative estimate of drug-likeness (QED) is 0.805. The number of amides is 1. The van der Waals surface area contributed by atoms with E-state index in [0.717, 1.165) is 24.9 Å². The normalized spacial score (nSPS) is 10.4. The van der Waals surface area contributed by atoms with Crippen LogP contribution in [-0.4, -0.2) is 12.5 Å². The molecule has 2 rings (SSSR count). The molecule has 0 atom stereocenters. The van der Waals surface area contributed by atoms with Gasteiger partial charge in [0.2, 0.25) is 5.91 Å². The third kappa shape index (κ3) is 5.07. The number of hydrogen-bond donors (Lipinski definition) is 1. The van der Waals surface area contributed by atoms with E-state index in [1.165, 1.54) is 16.7 Å². The van der Waals surface area contributed by atoms with Crippen molar-refractivity contribution >= 4 is 5.91 Å². The van der Waals surface area contributed by atoms with Crippen LogP contribution in [0.15, 0.2) is 48.5 Å². The summed E-state index contributed by atoms with van der Waals surface area (Å²) in [7, 11) is 0. The fraction of sp³-hybridized carbons (Fsp3) is 0.316. The van der Waals surface area contributed by atoms with Gasteiger partial charge in [0, 0.05) is 6.54 Å². The number of rotatable bonds is 6. The molecule has 0 aliphatic carbocycles. The van der Waals surface area contributed by atoms with Gasteiger partial charge in [0.15, 0.2) is 0 Å². The first kappa shape index (κ1) is 15.3. The van der Waals surface area contributed by atoms with E-state index in [-0.39, 0.29) is 5.91 Å². The number of aryl methyl sites for hydroxylation is 3. The topological polar surface area (TPSA) is 29.1 Å². The summed E-state index contributed by atoms with van der Waals surface area (Å²) in [6, 6.07) is 16.6.